The third-order valence-electron chi connectivity index (χ3n) is 5.27. The Morgan fingerprint density at radius 1 is 1.16 bits per heavy atom. The smallest absolute Gasteiger partial charge is 0.270 e. The van der Waals surface area contributed by atoms with Crippen LogP contribution >= 0.6 is 23.1 Å². The fraction of sp³-hybridized carbons (Fsp3) is 0.208. The van der Waals surface area contributed by atoms with E-state index in [1.54, 1.807) is 41.8 Å². The van der Waals surface area contributed by atoms with E-state index < -0.39 is 4.92 Å². The Kier molecular flexibility index (Phi) is 8.25. The summed E-state index contributed by atoms with van der Waals surface area (Å²) in [5.74, 6) is 0.188. The number of carbonyl (C=O) groups excluding carboxylic acids is 2. The lowest BCUT2D eigenvalue weighted by Crippen LogP contribution is -2.28. The lowest BCUT2D eigenvalue weighted by atomic mass is 10.1. The van der Waals surface area contributed by atoms with Crippen molar-refractivity contribution in [2.75, 3.05) is 11.1 Å². The van der Waals surface area contributed by atoms with E-state index in [1.807, 2.05) is 24.5 Å². The topological polar surface area (TPSA) is 145 Å². The summed E-state index contributed by atoms with van der Waals surface area (Å²) < 4.78 is 1.86. The molecule has 11 nitrogen and oxygen atoms in total. The summed E-state index contributed by atoms with van der Waals surface area (Å²) in [6, 6.07) is 14.7. The van der Waals surface area contributed by atoms with Gasteiger partial charge < -0.3 is 15.2 Å². The SMILES string of the molecule is CCn1c(SCC(=O)Nc2nc(-c3cccc([N+](=O)[O-])c3)cs2)nnc1[C@@H](C)NC(=O)c1ccccc1. The zero-order valence-electron chi connectivity index (χ0n) is 20.0. The number of nitro groups is 1. The number of nitrogens with zero attached hydrogens (tertiary/aromatic N) is 5. The number of hydrogen-bond acceptors (Lipinski definition) is 9. The van der Waals surface area contributed by atoms with E-state index in [0.29, 0.717) is 39.5 Å². The minimum atomic E-state index is -0.464. The maximum absolute atomic E-state index is 12.5. The molecule has 4 aromatic rings. The van der Waals surface area contributed by atoms with Gasteiger partial charge in [-0.15, -0.1) is 21.5 Å². The van der Waals surface area contributed by atoms with Crippen molar-refractivity contribution in [1.82, 2.24) is 25.1 Å². The van der Waals surface area contributed by atoms with Crippen molar-refractivity contribution in [1.29, 1.82) is 0 Å². The van der Waals surface area contributed by atoms with Crippen molar-refractivity contribution in [2.24, 2.45) is 0 Å². The van der Waals surface area contributed by atoms with Crippen LogP contribution in [0, 0.1) is 10.1 Å². The first-order valence-corrected chi connectivity index (χ1v) is 13.1. The van der Waals surface area contributed by atoms with Gasteiger partial charge in [0.25, 0.3) is 11.6 Å². The number of nitro benzene ring substituents is 1. The van der Waals surface area contributed by atoms with Gasteiger partial charge in [-0.25, -0.2) is 4.98 Å². The zero-order chi connectivity index (χ0) is 26.4. The summed E-state index contributed by atoms with van der Waals surface area (Å²) in [6.45, 7) is 4.34. The van der Waals surface area contributed by atoms with E-state index in [2.05, 4.69) is 25.8 Å². The number of nitrogens with one attached hydrogen (secondary N) is 2. The molecule has 0 unspecified atom stereocenters. The average molecular weight is 538 g/mol. The molecule has 2 aromatic heterocycles. The van der Waals surface area contributed by atoms with Crippen molar-refractivity contribution in [2.45, 2.75) is 31.6 Å². The molecule has 2 heterocycles. The van der Waals surface area contributed by atoms with Crippen LogP contribution < -0.4 is 10.6 Å². The Morgan fingerprint density at radius 2 is 1.95 bits per heavy atom. The normalized spacial score (nSPS) is 11.6. The standard InChI is InChI=1S/C24H23N7O4S2/c1-3-30-21(15(2)25-22(33)16-8-5-4-6-9-16)28-29-24(30)37-14-20(32)27-23-26-19(13-36-23)17-10-7-11-18(12-17)31(34)35/h4-13,15H,3,14H2,1-2H3,(H,25,33)(H,26,27,32)/t15-/m1/s1. The highest BCUT2D eigenvalue weighted by Gasteiger charge is 2.20. The van der Waals surface area contributed by atoms with Gasteiger partial charge >= 0.3 is 0 Å². The molecule has 2 aromatic carbocycles. The van der Waals surface area contributed by atoms with Crippen LogP contribution in [0.5, 0.6) is 0 Å². The maximum atomic E-state index is 12.5. The number of amides is 2. The summed E-state index contributed by atoms with van der Waals surface area (Å²) in [6.07, 6.45) is 0. The first-order valence-electron chi connectivity index (χ1n) is 11.3. The van der Waals surface area contributed by atoms with Crippen molar-refractivity contribution >= 4 is 45.7 Å². The van der Waals surface area contributed by atoms with Crippen molar-refractivity contribution < 1.29 is 14.5 Å². The molecule has 0 aliphatic carbocycles. The van der Waals surface area contributed by atoms with Crippen LogP contribution in [0.2, 0.25) is 0 Å². The van der Waals surface area contributed by atoms with Crippen LogP contribution in [0.1, 0.15) is 36.1 Å². The van der Waals surface area contributed by atoms with E-state index in [-0.39, 0.29) is 29.3 Å². The summed E-state index contributed by atoms with van der Waals surface area (Å²) in [4.78, 5) is 40.0. The van der Waals surface area contributed by atoms with Crippen LogP contribution in [-0.2, 0) is 11.3 Å². The zero-order valence-corrected chi connectivity index (χ0v) is 21.6. The summed E-state index contributed by atoms with van der Waals surface area (Å²) in [7, 11) is 0. The molecule has 0 saturated heterocycles. The number of thioether (sulfide) groups is 1. The molecule has 0 spiro atoms. The van der Waals surface area contributed by atoms with E-state index in [4.69, 9.17) is 0 Å². The molecule has 190 valence electrons. The highest BCUT2D eigenvalue weighted by atomic mass is 32.2. The summed E-state index contributed by atoms with van der Waals surface area (Å²) >= 11 is 2.46. The Morgan fingerprint density at radius 3 is 2.68 bits per heavy atom. The largest absolute Gasteiger partial charge is 0.342 e. The molecule has 0 aliphatic rings. The first kappa shape index (κ1) is 26.0. The van der Waals surface area contributed by atoms with E-state index in [9.17, 15) is 19.7 Å². The van der Waals surface area contributed by atoms with Gasteiger partial charge in [0.1, 0.15) is 0 Å². The van der Waals surface area contributed by atoms with Gasteiger partial charge in [-0.2, -0.15) is 0 Å². The van der Waals surface area contributed by atoms with Crippen molar-refractivity contribution in [3.8, 4) is 11.3 Å². The van der Waals surface area contributed by atoms with Gasteiger partial charge in [0.05, 0.1) is 22.4 Å². The minimum Gasteiger partial charge on any atom is -0.342 e. The molecule has 37 heavy (non-hydrogen) atoms. The second kappa shape index (κ2) is 11.8. The third-order valence-corrected chi connectivity index (χ3v) is 6.99. The summed E-state index contributed by atoms with van der Waals surface area (Å²) in [5, 5.41) is 27.8. The number of benzene rings is 2. The quantitative estimate of drug-likeness (QED) is 0.170. The van der Waals surface area contributed by atoms with Crippen molar-refractivity contribution in [3.05, 3.63) is 81.5 Å². The Hall–Kier alpha value is -4.10. The number of thiazole rings is 1. The van der Waals surface area contributed by atoms with Gasteiger partial charge in [-0.3, -0.25) is 19.7 Å². The average Bonchev–Trinajstić information content (AvgIpc) is 3.55. The monoisotopic (exact) mass is 537 g/mol. The molecule has 0 bridgehead atoms. The Balaban J connectivity index is 1.35. The highest BCUT2D eigenvalue weighted by Crippen LogP contribution is 2.28. The van der Waals surface area contributed by atoms with Crippen LogP contribution in [0.3, 0.4) is 0 Å². The fourth-order valence-corrected chi connectivity index (χ4v) is 5.03. The fourth-order valence-electron chi connectivity index (χ4n) is 3.49. The predicted molar refractivity (Wildman–Crippen MR) is 142 cm³/mol. The number of hydrogen-bond donors (Lipinski definition) is 2. The Bertz CT molecular complexity index is 1420. The molecule has 2 amide bonds. The number of non-ortho nitro benzene ring substituents is 1. The van der Waals surface area contributed by atoms with E-state index in [1.165, 1.54) is 35.2 Å². The van der Waals surface area contributed by atoms with Crippen LogP contribution in [0.25, 0.3) is 11.3 Å². The van der Waals surface area contributed by atoms with Crippen LogP contribution in [0.4, 0.5) is 10.8 Å². The predicted octanol–water partition coefficient (Wildman–Crippen LogP) is 4.55. The van der Waals surface area contributed by atoms with E-state index >= 15 is 0 Å². The maximum Gasteiger partial charge on any atom is 0.270 e. The van der Waals surface area contributed by atoms with Crippen molar-refractivity contribution in [3.63, 3.8) is 0 Å². The number of carbonyl (C=O) groups is 2. The van der Waals surface area contributed by atoms with Gasteiger partial charge in [0, 0.05) is 35.2 Å². The molecule has 1 atom stereocenters. The Labute approximate surface area is 220 Å². The molecule has 2 N–H and O–H groups in total. The minimum absolute atomic E-state index is 0.0270. The first-order chi connectivity index (χ1) is 17.9. The molecule has 0 aliphatic heterocycles. The lowest BCUT2D eigenvalue weighted by Gasteiger charge is -2.15. The van der Waals surface area contributed by atoms with Gasteiger partial charge in [-0.1, -0.05) is 42.1 Å². The van der Waals surface area contributed by atoms with Crippen LogP contribution in [-0.4, -0.2) is 42.2 Å². The number of aromatic nitrogens is 4. The van der Waals surface area contributed by atoms with Gasteiger partial charge in [-0.05, 0) is 26.0 Å². The van der Waals surface area contributed by atoms with Crippen LogP contribution in [0.15, 0.2) is 65.1 Å². The molecule has 0 radical (unpaired) electrons. The number of anilines is 1. The summed E-state index contributed by atoms with van der Waals surface area (Å²) in [5.41, 5.74) is 1.66. The van der Waals surface area contributed by atoms with Gasteiger partial charge in [0.15, 0.2) is 16.1 Å². The number of rotatable bonds is 10. The molecule has 0 saturated carbocycles. The molecular weight excluding hydrogens is 514 g/mol. The van der Waals surface area contributed by atoms with Gasteiger partial charge in [0.2, 0.25) is 5.91 Å². The molecule has 4 rings (SSSR count). The highest BCUT2D eigenvalue weighted by molar-refractivity contribution is 7.99. The van der Waals surface area contributed by atoms with E-state index in [0.717, 1.165) is 0 Å². The second-order valence-electron chi connectivity index (χ2n) is 7.83. The second-order valence-corrected chi connectivity index (χ2v) is 9.63. The molecule has 13 heteroatoms. The molecular formula is C24H23N7O4S2. The third kappa shape index (κ3) is 6.37. The lowest BCUT2D eigenvalue weighted by molar-refractivity contribution is -0.384. The molecule has 0 fully saturated rings.